The number of anilines is 1. The van der Waals surface area contributed by atoms with Gasteiger partial charge in [-0.3, -0.25) is 4.79 Å². The first-order chi connectivity index (χ1) is 7.83. The number of hydrogen-bond donors (Lipinski definition) is 3. The summed E-state index contributed by atoms with van der Waals surface area (Å²) in [6.45, 7) is 1.91. The molecule has 0 bridgehead atoms. The highest BCUT2D eigenvalue weighted by atomic mass is 16.1. The Hall–Kier alpha value is -1.81. The van der Waals surface area contributed by atoms with E-state index in [-0.39, 0.29) is 5.56 Å². The summed E-state index contributed by atoms with van der Waals surface area (Å²) in [7, 11) is 0. The normalized spacial score (nSPS) is 16.0. The van der Waals surface area contributed by atoms with Crippen LogP contribution >= 0.6 is 0 Å². The lowest BCUT2D eigenvalue weighted by molar-refractivity contribution is 0.471. The number of rotatable bonds is 2. The van der Waals surface area contributed by atoms with Gasteiger partial charge in [0.25, 0.3) is 5.56 Å². The molecule has 0 saturated carbocycles. The van der Waals surface area contributed by atoms with Crippen LogP contribution in [0.1, 0.15) is 0 Å². The van der Waals surface area contributed by atoms with Gasteiger partial charge in [-0.1, -0.05) is 18.2 Å². The minimum absolute atomic E-state index is 0.0344. The summed E-state index contributed by atoms with van der Waals surface area (Å²) < 4.78 is 0. The molecule has 0 radical (unpaired) electrons. The van der Waals surface area contributed by atoms with Gasteiger partial charge in [0.15, 0.2) is 0 Å². The van der Waals surface area contributed by atoms with Crippen LogP contribution in [0.2, 0.25) is 0 Å². The summed E-state index contributed by atoms with van der Waals surface area (Å²) >= 11 is 0. The Morgan fingerprint density at radius 2 is 2.06 bits per heavy atom. The second kappa shape index (κ2) is 3.64. The van der Waals surface area contributed by atoms with Gasteiger partial charge in [-0.2, -0.15) is 0 Å². The first kappa shape index (κ1) is 9.42. The topological polar surface area (TPSA) is 56.9 Å². The fourth-order valence-corrected chi connectivity index (χ4v) is 1.90. The van der Waals surface area contributed by atoms with Crippen molar-refractivity contribution in [2.24, 2.45) is 0 Å². The van der Waals surface area contributed by atoms with Crippen molar-refractivity contribution in [1.29, 1.82) is 0 Å². The number of aromatic nitrogens is 1. The number of aromatic amines is 1. The maximum Gasteiger partial charge on any atom is 0.257 e. The number of pyridine rings is 1. The van der Waals surface area contributed by atoms with E-state index in [0.717, 1.165) is 29.7 Å². The molecular formula is C12H13N3O. The molecule has 0 spiro atoms. The number of fused-ring (bicyclic) bond motifs is 1. The Morgan fingerprint density at radius 3 is 2.81 bits per heavy atom. The maximum atomic E-state index is 11.8. The van der Waals surface area contributed by atoms with Crippen LogP contribution in [0.3, 0.4) is 0 Å². The van der Waals surface area contributed by atoms with Crippen molar-refractivity contribution >= 4 is 16.6 Å². The summed E-state index contributed by atoms with van der Waals surface area (Å²) in [6.07, 6.45) is 0. The van der Waals surface area contributed by atoms with Crippen molar-refractivity contribution in [1.82, 2.24) is 10.3 Å². The molecule has 0 amide bonds. The predicted molar refractivity (Wildman–Crippen MR) is 64.8 cm³/mol. The quantitative estimate of drug-likeness (QED) is 0.698. The third kappa shape index (κ3) is 1.57. The van der Waals surface area contributed by atoms with Gasteiger partial charge in [-0.25, -0.2) is 0 Å². The van der Waals surface area contributed by atoms with Crippen LogP contribution < -0.4 is 16.2 Å². The minimum atomic E-state index is -0.0344. The zero-order valence-electron chi connectivity index (χ0n) is 8.79. The molecule has 4 nitrogen and oxygen atoms in total. The van der Waals surface area contributed by atoms with Crippen LogP contribution in [-0.2, 0) is 0 Å². The molecule has 1 saturated heterocycles. The zero-order chi connectivity index (χ0) is 11.0. The monoisotopic (exact) mass is 215 g/mol. The van der Waals surface area contributed by atoms with Gasteiger partial charge < -0.3 is 15.6 Å². The number of benzene rings is 1. The van der Waals surface area contributed by atoms with Crippen LogP contribution in [0.25, 0.3) is 10.8 Å². The molecule has 0 unspecified atom stereocenters. The Kier molecular flexibility index (Phi) is 2.15. The highest BCUT2D eigenvalue weighted by Gasteiger charge is 2.16. The molecule has 2 heterocycles. The minimum Gasteiger partial charge on any atom is -0.366 e. The van der Waals surface area contributed by atoms with Crippen molar-refractivity contribution in [2.75, 3.05) is 18.4 Å². The van der Waals surface area contributed by atoms with E-state index in [1.165, 1.54) is 0 Å². The molecule has 3 N–H and O–H groups in total. The van der Waals surface area contributed by atoms with Crippen LogP contribution in [0.5, 0.6) is 0 Å². The molecule has 0 aliphatic carbocycles. The Morgan fingerprint density at radius 1 is 1.25 bits per heavy atom. The maximum absolute atomic E-state index is 11.8. The highest BCUT2D eigenvalue weighted by Crippen LogP contribution is 2.13. The molecular weight excluding hydrogens is 202 g/mol. The van der Waals surface area contributed by atoms with Gasteiger partial charge in [-0.15, -0.1) is 0 Å². The first-order valence-electron chi connectivity index (χ1n) is 5.42. The fourth-order valence-electron chi connectivity index (χ4n) is 1.90. The summed E-state index contributed by atoms with van der Waals surface area (Å²) in [5.41, 5.74) is -0.0344. The van der Waals surface area contributed by atoms with E-state index < -0.39 is 0 Å². The van der Waals surface area contributed by atoms with E-state index in [9.17, 15) is 4.79 Å². The third-order valence-corrected chi connectivity index (χ3v) is 2.89. The van der Waals surface area contributed by atoms with E-state index in [1.54, 1.807) is 0 Å². The van der Waals surface area contributed by atoms with E-state index in [1.807, 2.05) is 30.3 Å². The second-order valence-corrected chi connectivity index (χ2v) is 4.10. The van der Waals surface area contributed by atoms with E-state index in [2.05, 4.69) is 15.6 Å². The molecule has 1 aromatic carbocycles. The molecule has 1 aromatic heterocycles. The van der Waals surface area contributed by atoms with Gasteiger partial charge in [0.1, 0.15) is 5.82 Å². The van der Waals surface area contributed by atoms with Gasteiger partial charge >= 0.3 is 0 Å². The molecule has 2 aromatic rings. The average molecular weight is 215 g/mol. The highest BCUT2D eigenvalue weighted by molar-refractivity contribution is 5.83. The summed E-state index contributed by atoms with van der Waals surface area (Å²) in [5, 5.41) is 8.18. The van der Waals surface area contributed by atoms with Gasteiger partial charge in [0.05, 0.1) is 6.04 Å². The summed E-state index contributed by atoms with van der Waals surface area (Å²) in [6, 6.07) is 10.0. The number of hydrogen-bond acceptors (Lipinski definition) is 3. The first-order valence-corrected chi connectivity index (χ1v) is 5.42. The molecule has 1 fully saturated rings. The lowest BCUT2D eigenvalue weighted by Crippen LogP contribution is -2.51. The zero-order valence-corrected chi connectivity index (χ0v) is 8.79. The molecule has 1 aliphatic rings. The van der Waals surface area contributed by atoms with E-state index >= 15 is 0 Å². The lowest BCUT2D eigenvalue weighted by Gasteiger charge is -2.28. The van der Waals surface area contributed by atoms with Crippen LogP contribution in [0, 0.1) is 0 Å². The van der Waals surface area contributed by atoms with Crippen molar-refractivity contribution < 1.29 is 0 Å². The van der Waals surface area contributed by atoms with Crippen molar-refractivity contribution in [3.05, 3.63) is 40.7 Å². The summed E-state index contributed by atoms with van der Waals surface area (Å²) in [5.74, 6) is 0.801. The molecule has 4 heteroatoms. The fraction of sp³-hybridized carbons (Fsp3) is 0.250. The van der Waals surface area contributed by atoms with Crippen LogP contribution in [0.15, 0.2) is 35.1 Å². The molecule has 82 valence electrons. The molecule has 16 heavy (non-hydrogen) atoms. The van der Waals surface area contributed by atoms with Crippen LogP contribution in [0.4, 0.5) is 5.82 Å². The average Bonchev–Trinajstić information content (AvgIpc) is 2.24. The summed E-state index contributed by atoms with van der Waals surface area (Å²) in [4.78, 5) is 14.6. The number of H-pyrrole nitrogens is 1. The van der Waals surface area contributed by atoms with Gasteiger partial charge in [0.2, 0.25) is 0 Å². The van der Waals surface area contributed by atoms with Gasteiger partial charge in [0, 0.05) is 18.5 Å². The largest absolute Gasteiger partial charge is 0.366 e. The van der Waals surface area contributed by atoms with Crippen LogP contribution in [-0.4, -0.2) is 24.1 Å². The number of nitrogens with one attached hydrogen (secondary N) is 3. The lowest BCUT2D eigenvalue weighted by atomic mass is 10.1. The third-order valence-electron chi connectivity index (χ3n) is 2.89. The van der Waals surface area contributed by atoms with Crippen molar-refractivity contribution in [3.63, 3.8) is 0 Å². The molecule has 1 aliphatic heterocycles. The predicted octanol–water partition coefficient (Wildman–Crippen LogP) is 0.912. The smallest absolute Gasteiger partial charge is 0.257 e. The second-order valence-electron chi connectivity index (χ2n) is 4.10. The van der Waals surface area contributed by atoms with E-state index in [0.29, 0.717) is 6.04 Å². The molecule has 3 rings (SSSR count). The Balaban J connectivity index is 2.03. The SMILES string of the molecule is O=c1[nH]c(NC2CNC2)cc2ccccc12. The Bertz CT molecular complexity index is 572. The standard InChI is InChI=1S/C12H13N3O/c16-12-10-4-2-1-3-8(10)5-11(15-12)14-9-6-13-7-9/h1-5,9,13H,6-7H2,(H2,14,15,16). The van der Waals surface area contributed by atoms with E-state index in [4.69, 9.17) is 0 Å². The Labute approximate surface area is 92.7 Å². The molecule has 0 atom stereocenters. The van der Waals surface area contributed by atoms with Gasteiger partial charge in [-0.05, 0) is 17.5 Å². The van der Waals surface area contributed by atoms with Crippen molar-refractivity contribution in [2.45, 2.75) is 6.04 Å². The van der Waals surface area contributed by atoms with Crippen molar-refractivity contribution in [3.8, 4) is 0 Å².